The van der Waals surface area contributed by atoms with Crippen molar-refractivity contribution in [2.45, 2.75) is 6.17 Å². The fourth-order valence-corrected chi connectivity index (χ4v) is 4.26. The van der Waals surface area contributed by atoms with Gasteiger partial charge in [-0.2, -0.15) is 0 Å². The van der Waals surface area contributed by atoms with E-state index in [9.17, 15) is 4.79 Å². The number of nitrogens with one attached hydrogen (secondary N) is 2. The van der Waals surface area contributed by atoms with Crippen LogP contribution in [-0.4, -0.2) is 26.6 Å². The van der Waals surface area contributed by atoms with Gasteiger partial charge in [0.1, 0.15) is 12.0 Å². The van der Waals surface area contributed by atoms with Gasteiger partial charge in [-0.15, -0.1) is 0 Å². The number of fused-ring (bicyclic) bond motifs is 4. The third kappa shape index (κ3) is 3.38. The summed E-state index contributed by atoms with van der Waals surface area (Å²) in [5.74, 6) is -0.242. The van der Waals surface area contributed by atoms with Crippen molar-refractivity contribution < 1.29 is 4.79 Å². The van der Waals surface area contributed by atoms with Crippen molar-refractivity contribution in [2.24, 2.45) is 4.99 Å². The highest BCUT2D eigenvalue weighted by molar-refractivity contribution is 6.17. The molecule has 1 amide bonds. The van der Waals surface area contributed by atoms with Crippen LogP contribution in [0.15, 0.2) is 102 Å². The summed E-state index contributed by atoms with van der Waals surface area (Å²) in [6.45, 7) is 0. The average Bonchev–Trinajstić information content (AvgIpc) is 3.26. The minimum absolute atomic E-state index is 0.242. The number of aliphatic imine (C=N–C) groups is 1. The maximum Gasteiger partial charge on any atom is 0.269 e. The summed E-state index contributed by atoms with van der Waals surface area (Å²) in [6, 6.07) is 27.7. The number of para-hydroxylation sites is 1. The molecule has 0 radical (unpaired) electrons. The van der Waals surface area contributed by atoms with Crippen LogP contribution in [0.2, 0.25) is 0 Å². The molecule has 3 aromatic carbocycles. The fraction of sp³-hybridized carbons (Fsp3) is 0.0370. The number of benzene rings is 3. The highest BCUT2D eigenvalue weighted by Gasteiger charge is 2.27. The molecule has 5 aromatic rings. The Kier molecular flexibility index (Phi) is 4.54. The largest absolute Gasteiger partial charge is 0.351 e. The highest BCUT2D eigenvalue weighted by Crippen LogP contribution is 2.35. The molecule has 0 unspecified atom stereocenters. The van der Waals surface area contributed by atoms with Crippen molar-refractivity contribution in [2.75, 3.05) is 0 Å². The predicted octanol–water partition coefficient (Wildman–Crippen LogP) is 4.90. The van der Waals surface area contributed by atoms with E-state index in [1.54, 1.807) is 6.20 Å². The van der Waals surface area contributed by atoms with Gasteiger partial charge in [-0.3, -0.25) is 9.79 Å². The SMILES string of the molecule is O=C(N[C@H]1N=C(c2ccccc2)c2ccccc2-c2ncncc21)c1cc2ccccc2[nH]1. The molecule has 0 fully saturated rings. The van der Waals surface area contributed by atoms with Gasteiger partial charge in [-0.1, -0.05) is 72.8 Å². The second kappa shape index (κ2) is 7.84. The van der Waals surface area contributed by atoms with Gasteiger partial charge in [-0.05, 0) is 12.1 Å². The average molecular weight is 429 g/mol. The van der Waals surface area contributed by atoms with E-state index in [1.165, 1.54) is 6.33 Å². The zero-order valence-corrected chi connectivity index (χ0v) is 17.6. The van der Waals surface area contributed by atoms with Crippen LogP contribution in [0.25, 0.3) is 22.2 Å². The van der Waals surface area contributed by atoms with E-state index in [0.717, 1.165) is 44.6 Å². The van der Waals surface area contributed by atoms with Crippen LogP contribution in [0.4, 0.5) is 0 Å². The van der Waals surface area contributed by atoms with Gasteiger partial charge < -0.3 is 10.3 Å². The van der Waals surface area contributed by atoms with Gasteiger partial charge in [0.2, 0.25) is 0 Å². The summed E-state index contributed by atoms with van der Waals surface area (Å²) in [6.07, 6.45) is 2.61. The van der Waals surface area contributed by atoms with Crippen LogP contribution in [-0.2, 0) is 0 Å². The molecular formula is C27H19N5O. The second-order valence-corrected chi connectivity index (χ2v) is 7.86. The van der Waals surface area contributed by atoms with Crippen molar-refractivity contribution in [1.29, 1.82) is 0 Å². The van der Waals surface area contributed by atoms with Crippen molar-refractivity contribution in [3.63, 3.8) is 0 Å². The maximum absolute atomic E-state index is 13.3. The lowest BCUT2D eigenvalue weighted by molar-refractivity contribution is 0.0934. The van der Waals surface area contributed by atoms with Gasteiger partial charge in [-0.25, -0.2) is 9.97 Å². The molecule has 3 heterocycles. The first kappa shape index (κ1) is 19.1. The van der Waals surface area contributed by atoms with Crippen molar-refractivity contribution in [3.8, 4) is 11.3 Å². The summed E-state index contributed by atoms with van der Waals surface area (Å²) in [5, 5.41) is 4.07. The van der Waals surface area contributed by atoms with Gasteiger partial charge >= 0.3 is 0 Å². The van der Waals surface area contributed by atoms with Crippen molar-refractivity contribution >= 4 is 22.5 Å². The van der Waals surface area contributed by atoms with Crippen LogP contribution in [0, 0.1) is 0 Å². The summed E-state index contributed by atoms with van der Waals surface area (Å²) in [5.41, 5.74) is 6.59. The molecule has 0 saturated carbocycles. The first-order valence-electron chi connectivity index (χ1n) is 10.7. The molecule has 0 aliphatic carbocycles. The number of carbonyl (C=O) groups is 1. The number of hydrogen-bond acceptors (Lipinski definition) is 4. The summed E-state index contributed by atoms with van der Waals surface area (Å²) in [4.78, 5) is 30.3. The molecule has 6 nitrogen and oxygen atoms in total. The van der Waals surface area contributed by atoms with Crippen LogP contribution >= 0.6 is 0 Å². The normalized spacial score (nSPS) is 14.7. The van der Waals surface area contributed by atoms with E-state index in [2.05, 4.69) is 20.3 Å². The van der Waals surface area contributed by atoms with E-state index in [0.29, 0.717) is 5.69 Å². The van der Waals surface area contributed by atoms with Crippen molar-refractivity contribution in [1.82, 2.24) is 20.3 Å². The first-order chi connectivity index (χ1) is 16.3. The minimum atomic E-state index is -0.650. The second-order valence-electron chi connectivity index (χ2n) is 7.86. The number of nitrogens with zero attached hydrogens (tertiary/aromatic N) is 3. The number of amides is 1. The molecule has 1 aliphatic heterocycles. The molecule has 0 bridgehead atoms. The molecule has 0 spiro atoms. The summed E-state index contributed by atoms with van der Waals surface area (Å²) in [7, 11) is 0. The quantitative estimate of drug-likeness (QED) is 0.428. The number of aromatic nitrogens is 3. The molecule has 1 aliphatic rings. The lowest BCUT2D eigenvalue weighted by Gasteiger charge is -2.16. The Morgan fingerprint density at radius 2 is 1.64 bits per heavy atom. The lowest BCUT2D eigenvalue weighted by Crippen LogP contribution is -2.28. The van der Waals surface area contributed by atoms with Crippen LogP contribution in [0.5, 0.6) is 0 Å². The molecule has 158 valence electrons. The fourth-order valence-electron chi connectivity index (χ4n) is 4.26. The Balaban J connectivity index is 1.49. The van der Waals surface area contributed by atoms with E-state index in [1.807, 2.05) is 84.9 Å². The van der Waals surface area contributed by atoms with Crippen molar-refractivity contribution in [3.05, 3.63) is 120 Å². The highest BCUT2D eigenvalue weighted by atomic mass is 16.2. The van der Waals surface area contributed by atoms with Gasteiger partial charge in [0.05, 0.1) is 11.4 Å². The minimum Gasteiger partial charge on any atom is -0.351 e. The predicted molar refractivity (Wildman–Crippen MR) is 128 cm³/mol. The molecule has 1 atom stereocenters. The lowest BCUT2D eigenvalue weighted by atomic mass is 9.95. The molecule has 0 saturated heterocycles. The zero-order chi connectivity index (χ0) is 22.2. The molecular weight excluding hydrogens is 410 g/mol. The van der Waals surface area contributed by atoms with E-state index in [4.69, 9.17) is 4.99 Å². The summed E-state index contributed by atoms with van der Waals surface area (Å²) < 4.78 is 0. The smallest absolute Gasteiger partial charge is 0.269 e. The Morgan fingerprint density at radius 3 is 2.48 bits per heavy atom. The zero-order valence-electron chi connectivity index (χ0n) is 17.6. The Labute approximate surface area is 190 Å². The topological polar surface area (TPSA) is 83.0 Å². The van der Waals surface area contributed by atoms with Crippen LogP contribution < -0.4 is 5.32 Å². The van der Waals surface area contributed by atoms with E-state index in [-0.39, 0.29) is 5.91 Å². The molecule has 6 heteroatoms. The number of hydrogen-bond donors (Lipinski definition) is 2. The first-order valence-corrected chi connectivity index (χ1v) is 10.7. The number of carbonyl (C=O) groups excluding carboxylic acids is 1. The molecule has 6 rings (SSSR count). The Bertz CT molecular complexity index is 1490. The van der Waals surface area contributed by atoms with Gasteiger partial charge in [0.15, 0.2) is 6.17 Å². The van der Waals surface area contributed by atoms with Gasteiger partial charge in [0.25, 0.3) is 5.91 Å². The Hall–Kier alpha value is -4.58. The van der Waals surface area contributed by atoms with E-state index < -0.39 is 6.17 Å². The summed E-state index contributed by atoms with van der Waals surface area (Å²) >= 11 is 0. The maximum atomic E-state index is 13.3. The number of H-pyrrole nitrogens is 1. The molecule has 2 aromatic heterocycles. The van der Waals surface area contributed by atoms with E-state index >= 15 is 0 Å². The van der Waals surface area contributed by atoms with Crippen LogP contribution in [0.3, 0.4) is 0 Å². The third-order valence-corrected chi connectivity index (χ3v) is 5.82. The van der Waals surface area contributed by atoms with Gasteiger partial charge in [0, 0.05) is 39.4 Å². The number of aromatic amines is 1. The number of rotatable bonds is 3. The third-order valence-electron chi connectivity index (χ3n) is 5.82. The molecule has 2 N–H and O–H groups in total. The molecule has 33 heavy (non-hydrogen) atoms. The standard InChI is InChI=1S/C27H19N5O/c33-27(23-14-18-10-4-7-13-22(18)30-23)32-26-21-15-28-16-29-25(21)20-12-6-5-11-19(20)24(31-26)17-8-2-1-3-9-17/h1-16,26,30H,(H,32,33)/t26-/m1/s1. The van der Waals surface area contributed by atoms with Crippen LogP contribution in [0.1, 0.15) is 33.3 Å². The monoisotopic (exact) mass is 429 g/mol. The Morgan fingerprint density at radius 1 is 0.879 bits per heavy atom.